The second kappa shape index (κ2) is 5.88. The molecule has 6 heteroatoms. The molecule has 1 aromatic carbocycles. The molecule has 0 spiro atoms. The Morgan fingerprint density at radius 1 is 1.26 bits per heavy atom. The average molecular weight is 279 g/mol. The van der Waals surface area contributed by atoms with Crippen molar-refractivity contribution in [3.8, 4) is 0 Å². The van der Waals surface area contributed by atoms with Crippen LogP contribution in [0.5, 0.6) is 0 Å². The van der Waals surface area contributed by atoms with Crippen LogP contribution in [-0.4, -0.2) is 25.2 Å². The summed E-state index contributed by atoms with van der Waals surface area (Å²) in [5.41, 5.74) is 0.678. The van der Waals surface area contributed by atoms with Gasteiger partial charge in [-0.1, -0.05) is 31.5 Å². The van der Waals surface area contributed by atoms with Gasteiger partial charge in [0.25, 0.3) is 10.0 Å². The summed E-state index contributed by atoms with van der Waals surface area (Å²) >= 11 is 0. The van der Waals surface area contributed by atoms with Gasteiger partial charge in [0.1, 0.15) is 4.90 Å². The average Bonchev–Trinajstić information content (AvgIpc) is 2.95. The molecule has 1 N–H and O–H groups in total. The lowest BCUT2D eigenvalue weighted by molar-refractivity contribution is 0.589. The molecule has 2 rings (SSSR count). The lowest BCUT2D eigenvalue weighted by Crippen LogP contribution is -2.31. The first-order chi connectivity index (χ1) is 9.16. The molecule has 0 fully saturated rings. The molecule has 1 aromatic heterocycles. The zero-order chi connectivity index (χ0) is 13.7. The van der Waals surface area contributed by atoms with Gasteiger partial charge in [-0.25, -0.2) is 8.42 Å². The van der Waals surface area contributed by atoms with Gasteiger partial charge >= 0.3 is 0 Å². The Morgan fingerprint density at radius 3 is 2.58 bits per heavy atom. The van der Waals surface area contributed by atoms with Gasteiger partial charge in [0.2, 0.25) is 0 Å². The molecule has 102 valence electrons. The normalized spacial score (nSPS) is 11.4. The molecule has 0 bridgehead atoms. The van der Waals surface area contributed by atoms with E-state index in [1.807, 2.05) is 25.1 Å². The first-order valence-electron chi connectivity index (χ1n) is 6.23. The van der Waals surface area contributed by atoms with Crippen LogP contribution in [0.1, 0.15) is 19.8 Å². The number of para-hydroxylation sites is 1. The Labute approximate surface area is 113 Å². The van der Waals surface area contributed by atoms with E-state index in [1.54, 1.807) is 12.1 Å². The molecule has 0 unspecified atom stereocenters. The van der Waals surface area contributed by atoms with Crippen molar-refractivity contribution in [3.63, 3.8) is 0 Å². The standard InChI is InChI=1S/C13H17N3O2S/c1-2-3-9-16(12-7-5-4-6-8-12)19(17,18)13-10-14-15-11-13/h4-8,10-11H,2-3,9H2,1H3,(H,14,15). The van der Waals surface area contributed by atoms with Crippen molar-refractivity contribution < 1.29 is 8.42 Å². The molecule has 0 amide bonds. The van der Waals surface area contributed by atoms with Gasteiger partial charge in [-0.2, -0.15) is 5.10 Å². The van der Waals surface area contributed by atoms with Crippen molar-refractivity contribution in [1.29, 1.82) is 0 Å². The number of aromatic nitrogens is 2. The minimum atomic E-state index is -3.54. The van der Waals surface area contributed by atoms with Gasteiger partial charge in [0.15, 0.2) is 0 Å². The largest absolute Gasteiger partial charge is 0.284 e. The monoisotopic (exact) mass is 279 g/mol. The number of unbranched alkanes of at least 4 members (excludes halogenated alkanes) is 1. The van der Waals surface area contributed by atoms with E-state index in [1.165, 1.54) is 16.7 Å². The maximum atomic E-state index is 12.6. The lowest BCUT2D eigenvalue weighted by Gasteiger charge is -2.23. The molecule has 0 aliphatic rings. The summed E-state index contributed by atoms with van der Waals surface area (Å²) in [4.78, 5) is 0.187. The summed E-state index contributed by atoms with van der Waals surface area (Å²) in [6.07, 6.45) is 4.48. The minimum absolute atomic E-state index is 0.187. The second-order valence-corrected chi connectivity index (χ2v) is 6.06. The number of aromatic amines is 1. The predicted molar refractivity (Wildman–Crippen MR) is 74.5 cm³/mol. The number of benzene rings is 1. The molecular formula is C13H17N3O2S. The predicted octanol–water partition coefficient (Wildman–Crippen LogP) is 2.41. The highest BCUT2D eigenvalue weighted by Gasteiger charge is 2.25. The minimum Gasteiger partial charge on any atom is -0.284 e. The molecule has 0 saturated carbocycles. The zero-order valence-electron chi connectivity index (χ0n) is 10.8. The van der Waals surface area contributed by atoms with E-state index >= 15 is 0 Å². The number of hydrogen-bond donors (Lipinski definition) is 1. The van der Waals surface area contributed by atoms with Crippen LogP contribution in [0.3, 0.4) is 0 Å². The highest BCUT2D eigenvalue weighted by molar-refractivity contribution is 7.92. The quantitative estimate of drug-likeness (QED) is 0.883. The number of H-pyrrole nitrogens is 1. The zero-order valence-corrected chi connectivity index (χ0v) is 11.6. The Morgan fingerprint density at radius 2 is 2.00 bits per heavy atom. The smallest absolute Gasteiger partial charge is 0.267 e. The van der Waals surface area contributed by atoms with Crippen molar-refractivity contribution in [1.82, 2.24) is 10.2 Å². The molecule has 0 atom stereocenters. The molecule has 5 nitrogen and oxygen atoms in total. The third-order valence-electron chi connectivity index (χ3n) is 2.82. The Bertz CT molecular complexity index is 594. The maximum absolute atomic E-state index is 12.6. The van der Waals surface area contributed by atoms with E-state index in [0.29, 0.717) is 12.2 Å². The van der Waals surface area contributed by atoms with Gasteiger partial charge < -0.3 is 0 Å². The Hall–Kier alpha value is -1.82. The van der Waals surface area contributed by atoms with Crippen molar-refractivity contribution in [2.24, 2.45) is 0 Å². The number of sulfonamides is 1. The topological polar surface area (TPSA) is 66.1 Å². The summed E-state index contributed by atoms with van der Waals surface area (Å²) in [5, 5.41) is 6.26. The number of anilines is 1. The molecule has 0 aliphatic carbocycles. The van der Waals surface area contributed by atoms with Crippen molar-refractivity contribution in [2.45, 2.75) is 24.7 Å². The first kappa shape index (κ1) is 13.6. The SMILES string of the molecule is CCCCN(c1ccccc1)S(=O)(=O)c1cn[nH]c1. The van der Waals surface area contributed by atoms with Gasteiger partial charge in [0, 0.05) is 12.7 Å². The summed E-state index contributed by atoms with van der Waals surface area (Å²) in [6, 6.07) is 9.13. The first-order valence-corrected chi connectivity index (χ1v) is 7.67. The number of rotatable bonds is 6. The van der Waals surface area contributed by atoms with Crippen LogP contribution in [0.2, 0.25) is 0 Å². The van der Waals surface area contributed by atoms with Crippen molar-refractivity contribution >= 4 is 15.7 Å². The summed E-state index contributed by atoms with van der Waals surface area (Å²) in [6.45, 7) is 2.50. The van der Waals surface area contributed by atoms with Crippen LogP contribution in [0.15, 0.2) is 47.6 Å². The van der Waals surface area contributed by atoms with E-state index in [9.17, 15) is 8.42 Å². The fourth-order valence-electron chi connectivity index (χ4n) is 1.79. The van der Waals surface area contributed by atoms with Gasteiger partial charge in [-0.05, 0) is 18.6 Å². The third-order valence-corrected chi connectivity index (χ3v) is 4.61. The molecule has 2 aromatic rings. The lowest BCUT2D eigenvalue weighted by atomic mass is 10.3. The Kier molecular flexibility index (Phi) is 4.21. The van der Waals surface area contributed by atoms with Crippen LogP contribution in [0.25, 0.3) is 0 Å². The highest BCUT2D eigenvalue weighted by atomic mass is 32.2. The molecular weight excluding hydrogens is 262 g/mol. The summed E-state index contributed by atoms with van der Waals surface area (Å²) in [7, 11) is -3.54. The number of nitrogens with one attached hydrogen (secondary N) is 1. The van der Waals surface area contributed by atoms with E-state index in [0.717, 1.165) is 12.8 Å². The maximum Gasteiger partial charge on any atom is 0.267 e. The molecule has 19 heavy (non-hydrogen) atoms. The molecule has 0 radical (unpaired) electrons. The third kappa shape index (κ3) is 2.96. The molecule has 0 saturated heterocycles. The van der Waals surface area contributed by atoms with Crippen LogP contribution < -0.4 is 4.31 Å². The van der Waals surface area contributed by atoms with E-state index < -0.39 is 10.0 Å². The van der Waals surface area contributed by atoms with Gasteiger partial charge in [0.05, 0.1) is 11.9 Å². The van der Waals surface area contributed by atoms with Gasteiger partial charge in [-0.3, -0.25) is 9.40 Å². The molecule has 1 heterocycles. The molecule has 0 aliphatic heterocycles. The van der Waals surface area contributed by atoms with E-state index in [2.05, 4.69) is 10.2 Å². The van der Waals surface area contributed by atoms with Crippen LogP contribution in [-0.2, 0) is 10.0 Å². The fraction of sp³-hybridized carbons (Fsp3) is 0.308. The van der Waals surface area contributed by atoms with Crippen molar-refractivity contribution in [2.75, 3.05) is 10.8 Å². The van der Waals surface area contributed by atoms with Crippen LogP contribution >= 0.6 is 0 Å². The summed E-state index contributed by atoms with van der Waals surface area (Å²) in [5.74, 6) is 0. The van der Waals surface area contributed by atoms with Crippen LogP contribution in [0.4, 0.5) is 5.69 Å². The number of nitrogens with zero attached hydrogens (tertiary/aromatic N) is 2. The van der Waals surface area contributed by atoms with Gasteiger partial charge in [-0.15, -0.1) is 0 Å². The number of hydrogen-bond acceptors (Lipinski definition) is 3. The Balaban J connectivity index is 2.38. The van der Waals surface area contributed by atoms with E-state index in [4.69, 9.17) is 0 Å². The van der Waals surface area contributed by atoms with E-state index in [-0.39, 0.29) is 4.90 Å². The van der Waals surface area contributed by atoms with Crippen molar-refractivity contribution in [3.05, 3.63) is 42.7 Å². The summed E-state index contributed by atoms with van der Waals surface area (Å²) < 4.78 is 26.6. The highest BCUT2D eigenvalue weighted by Crippen LogP contribution is 2.23. The van der Waals surface area contributed by atoms with Crippen LogP contribution in [0, 0.1) is 0 Å². The second-order valence-electron chi connectivity index (χ2n) is 4.20. The fourth-order valence-corrected chi connectivity index (χ4v) is 3.20.